The van der Waals surface area contributed by atoms with Gasteiger partial charge in [0, 0.05) is 6.66 Å². The molecule has 5 nitrogen and oxygen atoms in total. The van der Waals surface area contributed by atoms with Gasteiger partial charge in [-0.3, -0.25) is 9.13 Å². The summed E-state index contributed by atoms with van der Waals surface area (Å²) in [5.41, 5.74) is 3.61. The van der Waals surface area contributed by atoms with Gasteiger partial charge in [-0.2, -0.15) is 0 Å². The zero-order valence-electron chi connectivity index (χ0n) is 15.4. The lowest BCUT2D eigenvalue weighted by molar-refractivity contribution is 0.363. The van der Waals surface area contributed by atoms with Crippen LogP contribution in [0.15, 0.2) is 34.9 Å². The molecular weight excluding hydrogens is 346 g/mol. The van der Waals surface area contributed by atoms with E-state index < -0.39 is 20.4 Å². The quantitative estimate of drug-likeness (QED) is 0.359. The molecule has 2 unspecified atom stereocenters. The Bertz CT molecular complexity index is 552. The first-order chi connectivity index (χ1) is 10.8. The van der Waals surface area contributed by atoms with E-state index in [2.05, 4.69) is 32.9 Å². The van der Waals surface area contributed by atoms with Gasteiger partial charge in [-0.05, 0) is 59.8 Å². The molecule has 140 valence electrons. The highest BCUT2D eigenvalue weighted by Gasteiger charge is 2.39. The second-order valence-corrected chi connectivity index (χ2v) is 11.4. The van der Waals surface area contributed by atoms with Crippen LogP contribution >= 0.6 is 15.0 Å². The standard InChI is InChI=1S/C17H32O5P2/c1-14(2)8-6-9-15(3)10-7-11-16(4)12-13-17(23(5,18)19)24(20,21)22/h8,10,12,17H,6-7,9,11,13H2,1-5H3,(H,18,19)(H2,20,21,22)/b15-10+,16-12+. The zero-order valence-corrected chi connectivity index (χ0v) is 17.2. The van der Waals surface area contributed by atoms with Crippen molar-refractivity contribution in [1.82, 2.24) is 0 Å². The summed E-state index contributed by atoms with van der Waals surface area (Å²) in [5, 5.41) is -1.51. The molecule has 0 aromatic carbocycles. The third-order valence-corrected chi connectivity index (χ3v) is 8.23. The fourth-order valence-electron chi connectivity index (χ4n) is 2.26. The summed E-state index contributed by atoms with van der Waals surface area (Å²) >= 11 is 0. The summed E-state index contributed by atoms with van der Waals surface area (Å²) in [6, 6.07) is 0. The fraction of sp³-hybridized carbons (Fsp3) is 0.647. The highest BCUT2D eigenvalue weighted by atomic mass is 31.2. The Morgan fingerprint density at radius 3 is 1.75 bits per heavy atom. The Labute approximate surface area is 146 Å². The van der Waals surface area contributed by atoms with Crippen molar-refractivity contribution in [3.05, 3.63) is 34.9 Å². The van der Waals surface area contributed by atoms with E-state index in [1.807, 2.05) is 6.92 Å². The maximum absolute atomic E-state index is 11.6. The van der Waals surface area contributed by atoms with Crippen LogP contribution in [-0.4, -0.2) is 26.7 Å². The highest BCUT2D eigenvalue weighted by Crippen LogP contribution is 2.61. The molecule has 0 saturated carbocycles. The van der Waals surface area contributed by atoms with E-state index in [4.69, 9.17) is 0 Å². The van der Waals surface area contributed by atoms with Crippen molar-refractivity contribution in [2.24, 2.45) is 0 Å². The molecule has 7 heteroatoms. The van der Waals surface area contributed by atoms with Gasteiger partial charge in [0.15, 0.2) is 0 Å². The summed E-state index contributed by atoms with van der Waals surface area (Å²) < 4.78 is 23.0. The van der Waals surface area contributed by atoms with Crippen LogP contribution in [0.5, 0.6) is 0 Å². The van der Waals surface area contributed by atoms with Gasteiger partial charge in [-0.15, -0.1) is 0 Å². The molecule has 0 aliphatic heterocycles. The first kappa shape index (κ1) is 23.6. The topological polar surface area (TPSA) is 94.8 Å². The molecule has 0 aromatic rings. The molecule has 2 atom stereocenters. The minimum absolute atomic E-state index is 0.0797. The van der Waals surface area contributed by atoms with Crippen LogP contribution in [0.4, 0.5) is 0 Å². The lowest BCUT2D eigenvalue weighted by Gasteiger charge is -2.19. The van der Waals surface area contributed by atoms with Gasteiger partial charge in [0.05, 0.1) is 0 Å². The average molecular weight is 378 g/mol. The molecule has 0 heterocycles. The molecule has 0 aliphatic carbocycles. The average Bonchev–Trinajstić information content (AvgIpc) is 2.34. The van der Waals surface area contributed by atoms with Crippen molar-refractivity contribution in [2.75, 3.05) is 6.66 Å². The SMILES string of the molecule is CC(C)=CCC/C(C)=C/CC/C(C)=C/CC(P(C)(=O)O)P(=O)(O)O. The van der Waals surface area contributed by atoms with Gasteiger partial charge in [0.2, 0.25) is 7.37 Å². The molecule has 0 bridgehead atoms. The smallest absolute Gasteiger partial charge is 0.338 e. The third kappa shape index (κ3) is 11.2. The summed E-state index contributed by atoms with van der Waals surface area (Å²) in [6.07, 6.45) is 9.66. The van der Waals surface area contributed by atoms with E-state index in [0.29, 0.717) is 0 Å². The molecule has 24 heavy (non-hydrogen) atoms. The molecule has 0 rings (SSSR count). The minimum atomic E-state index is -4.59. The van der Waals surface area contributed by atoms with Crippen LogP contribution in [0.2, 0.25) is 0 Å². The first-order valence-corrected chi connectivity index (χ1v) is 12.0. The van der Waals surface area contributed by atoms with Crippen LogP contribution in [-0.2, 0) is 9.13 Å². The fourth-order valence-corrected chi connectivity index (χ4v) is 5.37. The lowest BCUT2D eigenvalue weighted by atomic mass is 10.1. The first-order valence-electron chi connectivity index (χ1n) is 8.13. The van der Waals surface area contributed by atoms with Crippen molar-refractivity contribution in [3.63, 3.8) is 0 Å². The second kappa shape index (κ2) is 10.5. The third-order valence-electron chi connectivity index (χ3n) is 3.74. The molecule has 3 N–H and O–H groups in total. The molecule has 0 fully saturated rings. The molecular formula is C17H32O5P2. The normalized spacial score (nSPS) is 17.3. The predicted octanol–water partition coefficient (Wildman–Crippen LogP) is 5.20. The zero-order chi connectivity index (χ0) is 19.0. The van der Waals surface area contributed by atoms with Crippen molar-refractivity contribution < 1.29 is 23.8 Å². The number of hydrogen-bond donors (Lipinski definition) is 3. The molecule has 0 amide bonds. The summed E-state index contributed by atoms with van der Waals surface area (Å²) in [7, 11) is -8.43. The van der Waals surface area contributed by atoms with Crippen molar-refractivity contribution in [2.45, 2.75) is 65.2 Å². The molecule has 0 aliphatic rings. The lowest BCUT2D eigenvalue weighted by Crippen LogP contribution is -2.07. The number of hydrogen-bond acceptors (Lipinski definition) is 2. The Balaban J connectivity index is 4.53. The van der Waals surface area contributed by atoms with Crippen LogP contribution in [0.25, 0.3) is 0 Å². The number of rotatable bonds is 10. The minimum Gasteiger partial charge on any atom is -0.344 e. The molecule has 0 radical (unpaired) electrons. The largest absolute Gasteiger partial charge is 0.344 e. The molecule has 0 saturated heterocycles. The van der Waals surface area contributed by atoms with E-state index in [-0.39, 0.29) is 6.42 Å². The van der Waals surface area contributed by atoms with Gasteiger partial charge in [0.1, 0.15) is 5.40 Å². The molecule has 0 aromatic heterocycles. The monoisotopic (exact) mass is 378 g/mol. The Morgan fingerprint density at radius 2 is 1.33 bits per heavy atom. The van der Waals surface area contributed by atoms with Gasteiger partial charge >= 0.3 is 7.60 Å². The van der Waals surface area contributed by atoms with E-state index in [1.54, 1.807) is 6.08 Å². The van der Waals surface area contributed by atoms with E-state index in [0.717, 1.165) is 37.9 Å². The maximum Gasteiger partial charge on any atom is 0.338 e. The van der Waals surface area contributed by atoms with Crippen LogP contribution < -0.4 is 0 Å². The van der Waals surface area contributed by atoms with Crippen molar-refractivity contribution in [1.29, 1.82) is 0 Å². The van der Waals surface area contributed by atoms with E-state index in [9.17, 15) is 23.8 Å². The molecule has 0 spiro atoms. The highest BCUT2D eigenvalue weighted by molar-refractivity contribution is 7.73. The summed E-state index contributed by atoms with van der Waals surface area (Å²) in [4.78, 5) is 28.0. The van der Waals surface area contributed by atoms with E-state index >= 15 is 0 Å². The van der Waals surface area contributed by atoms with E-state index in [1.165, 1.54) is 11.1 Å². The number of allylic oxidation sites excluding steroid dienone is 6. The second-order valence-electron chi connectivity index (χ2n) is 6.71. The van der Waals surface area contributed by atoms with Crippen LogP contribution in [0.3, 0.4) is 0 Å². The van der Waals surface area contributed by atoms with Crippen LogP contribution in [0, 0.1) is 0 Å². The Morgan fingerprint density at radius 1 is 0.875 bits per heavy atom. The van der Waals surface area contributed by atoms with Crippen molar-refractivity contribution >= 4 is 15.0 Å². The predicted molar refractivity (Wildman–Crippen MR) is 102 cm³/mol. The maximum atomic E-state index is 11.6. The Kier molecular flexibility index (Phi) is 10.3. The summed E-state index contributed by atoms with van der Waals surface area (Å²) in [5.74, 6) is 0. The van der Waals surface area contributed by atoms with Gasteiger partial charge in [-0.25, -0.2) is 0 Å². The van der Waals surface area contributed by atoms with Gasteiger partial charge in [0.25, 0.3) is 0 Å². The van der Waals surface area contributed by atoms with Crippen LogP contribution in [0.1, 0.15) is 59.8 Å². The Hall–Kier alpha value is -0.440. The van der Waals surface area contributed by atoms with Gasteiger partial charge < -0.3 is 14.7 Å². The summed E-state index contributed by atoms with van der Waals surface area (Å²) in [6.45, 7) is 9.14. The van der Waals surface area contributed by atoms with Crippen molar-refractivity contribution in [3.8, 4) is 0 Å². The van der Waals surface area contributed by atoms with Gasteiger partial charge in [-0.1, -0.05) is 34.9 Å².